The first-order valence-electron chi connectivity index (χ1n) is 7.14. The number of amides is 2. The third kappa shape index (κ3) is 5.62. The van der Waals surface area contributed by atoms with Crippen molar-refractivity contribution in [1.82, 2.24) is 9.80 Å². The fourth-order valence-electron chi connectivity index (χ4n) is 3.12. The predicted molar refractivity (Wildman–Crippen MR) is 86.7 cm³/mol. The van der Waals surface area contributed by atoms with Gasteiger partial charge in [-0.15, -0.1) is 24.8 Å². The van der Waals surface area contributed by atoms with E-state index in [9.17, 15) is 9.59 Å². The van der Waals surface area contributed by atoms with Gasteiger partial charge in [0.05, 0.1) is 12.5 Å². The first kappa shape index (κ1) is 20.4. The quantitative estimate of drug-likeness (QED) is 0.760. The van der Waals surface area contributed by atoms with E-state index in [1.54, 1.807) is 4.90 Å². The highest BCUT2D eigenvalue weighted by molar-refractivity contribution is 5.87. The molecule has 2 amide bonds. The van der Waals surface area contributed by atoms with E-state index in [2.05, 4.69) is 4.90 Å². The maximum absolute atomic E-state index is 12.0. The average molecular weight is 341 g/mol. The molecule has 4 N–H and O–H groups in total. The molecule has 2 aliphatic rings. The normalized spacial score (nSPS) is 21.3. The van der Waals surface area contributed by atoms with Gasteiger partial charge in [0.25, 0.3) is 0 Å². The number of halogens is 2. The van der Waals surface area contributed by atoms with Gasteiger partial charge in [0.15, 0.2) is 0 Å². The summed E-state index contributed by atoms with van der Waals surface area (Å²) in [6.45, 7) is 3.25. The Morgan fingerprint density at radius 1 is 1.05 bits per heavy atom. The number of nitrogens with two attached hydrogens (primary N) is 2. The average Bonchev–Trinajstić information content (AvgIpc) is 2.91. The lowest BCUT2D eigenvalue weighted by Gasteiger charge is -2.38. The molecule has 0 radical (unpaired) electrons. The number of piperazine rings is 1. The van der Waals surface area contributed by atoms with Crippen LogP contribution in [0.2, 0.25) is 0 Å². The zero-order valence-corrected chi connectivity index (χ0v) is 13.8. The van der Waals surface area contributed by atoms with Gasteiger partial charge in [-0.1, -0.05) is 12.8 Å². The summed E-state index contributed by atoms with van der Waals surface area (Å²) in [5.41, 5.74) is 10.8. The van der Waals surface area contributed by atoms with Crippen LogP contribution in [0.5, 0.6) is 0 Å². The molecule has 0 aromatic carbocycles. The fourth-order valence-corrected chi connectivity index (χ4v) is 3.12. The summed E-state index contributed by atoms with van der Waals surface area (Å²) in [7, 11) is 0. The van der Waals surface area contributed by atoms with E-state index >= 15 is 0 Å². The van der Waals surface area contributed by atoms with E-state index in [0.717, 1.165) is 13.1 Å². The predicted octanol–water partition coefficient (Wildman–Crippen LogP) is 0.120. The van der Waals surface area contributed by atoms with Crippen LogP contribution in [0.4, 0.5) is 0 Å². The van der Waals surface area contributed by atoms with Gasteiger partial charge in [-0.3, -0.25) is 14.5 Å². The molecule has 0 aromatic rings. The molecule has 2 fully saturated rings. The molecule has 1 saturated carbocycles. The molecular weight excluding hydrogens is 315 g/mol. The second-order valence-electron chi connectivity index (χ2n) is 5.58. The van der Waals surface area contributed by atoms with Crippen LogP contribution in [0, 0.1) is 0 Å². The molecule has 6 nitrogen and oxygen atoms in total. The van der Waals surface area contributed by atoms with Gasteiger partial charge in [-0.05, 0) is 12.8 Å². The minimum atomic E-state index is -0.782. The highest BCUT2D eigenvalue weighted by Crippen LogP contribution is 2.24. The number of hydrogen-bond acceptors (Lipinski definition) is 4. The van der Waals surface area contributed by atoms with E-state index in [4.69, 9.17) is 11.5 Å². The molecule has 21 heavy (non-hydrogen) atoms. The van der Waals surface area contributed by atoms with E-state index in [0.29, 0.717) is 19.1 Å². The molecule has 1 heterocycles. The van der Waals surface area contributed by atoms with Crippen molar-refractivity contribution in [2.24, 2.45) is 11.5 Å². The lowest BCUT2D eigenvalue weighted by atomic mass is 10.1. The van der Waals surface area contributed by atoms with Crippen molar-refractivity contribution in [2.75, 3.05) is 26.2 Å². The molecular formula is C13H26Cl2N4O2. The molecule has 1 aliphatic carbocycles. The first-order valence-corrected chi connectivity index (χ1v) is 7.14. The van der Waals surface area contributed by atoms with Crippen molar-refractivity contribution < 1.29 is 9.59 Å². The van der Waals surface area contributed by atoms with Gasteiger partial charge >= 0.3 is 0 Å². The number of carbonyl (C=O) groups excluding carboxylic acids is 2. The summed E-state index contributed by atoms with van der Waals surface area (Å²) >= 11 is 0. The van der Waals surface area contributed by atoms with Crippen LogP contribution in [-0.4, -0.2) is 59.9 Å². The van der Waals surface area contributed by atoms with Crippen molar-refractivity contribution in [3.63, 3.8) is 0 Å². The second-order valence-corrected chi connectivity index (χ2v) is 5.58. The van der Waals surface area contributed by atoms with Gasteiger partial charge in [0.1, 0.15) is 0 Å². The summed E-state index contributed by atoms with van der Waals surface area (Å²) in [6.07, 6.45) is 5.16. The number of hydrogen-bond donors (Lipinski definition) is 2. The third-order valence-electron chi connectivity index (χ3n) is 4.21. The Hall–Kier alpha value is -0.560. The fraction of sp³-hybridized carbons (Fsp3) is 0.846. The summed E-state index contributed by atoms with van der Waals surface area (Å²) in [6, 6.07) is -0.0768. The molecule has 1 unspecified atom stereocenters. The van der Waals surface area contributed by atoms with E-state index < -0.39 is 11.9 Å². The van der Waals surface area contributed by atoms with Crippen molar-refractivity contribution in [2.45, 2.75) is 44.2 Å². The topological polar surface area (TPSA) is 92.7 Å². The highest BCUT2D eigenvalue weighted by atomic mass is 35.5. The maximum atomic E-state index is 12.0. The van der Waals surface area contributed by atoms with Crippen LogP contribution < -0.4 is 11.5 Å². The molecule has 1 atom stereocenters. The van der Waals surface area contributed by atoms with Crippen molar-refractivity contribution in [3.8, 4) is 0 Å². The molecule has 0 aromatic heterocycles. The zero-order chi connectivity index (χ0) is 13.8. The van der Waals surface area contributed by atoms with Crippen LogP contribution in [0.3, 0.4) is 0 Å². The smallest absolute Gasteiger partial charge is 0.240 e. The van der Waals surface area contributed by atoms with Crippen LogP contribution in [0.25, 0.3) is 0 Å². The summed E-state index contributed by atoms with van der Waals surface area (Å²) < 4.78 is 0. The van der Waals surface area contributed by atoms with Gasteiger partial charge in [-0.2, -0.15) is 0 Å². The summed E-state index contributed by atoms with van der Waals surface area (Å²) in [5.74, 6) is -0.671. The highest BCUT2D eigenvalue weighted by Gasteiger charge is 2.29. The van der Waals surface area contributed by atoms with Crippen molar-refractivity contribution >= 4 is 36.6 Å². The van der Waals surface area contributed by atoms with Crippen LogP contribution in [0.15, 0.2) is 0 Å². The molecule has 124 valence electrons. The van der Waals surface area contributed by atoms with E-state index in [-0.39, 0.29) is 37.1 Å². The Balaban J connectivity index is 0.00000200. The number of nitrogens with zero attached hydrogens (tertiary/aromatic N) is 2. The number of carbonyl (C=O) groups is 2. The first-order chi connectivity index (χ1) is 9.08. The SMILES string of the molecule is Cl.Cl.NC(=O)CC(N)C(=O)N1CCN(C2CCCC2)CC1. The van der Waals surface area contributed by atoms with Gasteiger partial charge < -0.3 is 16.4 Å². The Kier molecular flexibility index (Phi) is 9.20. The van der Waals surface area contributed by atoms with Crippen LogP contribution in [-0.2, 0) is 9.59 Å². The summed E-state index contributed by atoms with van der Waals surface area (Å²) in [5, 5.41) is 0. The Morgan fingerprint density at radius 2 is 1.57 bits per heavy atom. The van der Waals surface area contributed by atoms with Gasteiger partial charge in [-0.25, -0.2) is 0 Å². The van der Waals surface area contributed by atoms with Crippen LogP contribution >= 0.6 is 24.8 Å². The lowest BCUT2D eigenvalue weighted by molar-refractivity contribution is -0.136. The molecule has 2 rings (SSSR count). The molecule has 0 bridgehead atoms. The van der Waals surface area contributed by atoms with Crippen molar-refractivity contribution in [3.05, 3.63) is 0 Å². The number of primary amides is 1. The van der Waals surface area contributed by atoms with Gasteiger partial charge in [0.2, 0.25) is 11.8 Å². The lowest BCUT2D eigenvalue weighted by Crippen LogP contribution is -2.55. The molecule has 8 heteroatoms. The third-order valence-corrected chi connectivity index (χ3v) is 4.21. The Morgan fingerprint density at radius 3 is 2.05 bits per heavy atom. The summed E-state index contributed by atoms with van der Waals surface area (Å²) in [4.78, 5) is 27.1. The molecule has 0 spiro atoms. The van der Waals surface area contributed by atoms with E-state index in [1.807, 2.05) is 0 Å². The minimum Gasteiger partial charge on any atom is -0.370 e. The van der Waals surface area contributed by atoms with Crippen LogP contribution in [0.1, 0.15) is 32.1 Å². The largest absolute Gasteiger partial charge is 0.370 e. The molecule has 1 saturated heterocycles. The van der Waals surface area contributed by atoms with Crippen molar-refractivity contribution in [1.29, 1.82) is 0 Å². The standard InChI is InChI=1S/C13H24N4O2.2ClH/c14-11(9-12(15)18)13(19)17-7-5-16(6-8-17)10-3-1-2-4-10;;/h10-11H,1-9,14H2,(H2,15,18);2*1H. The Bertz CT molecular complexity index is 343. The second kappa shape index (κ2) is 9.46. The van der Waals surface area contributed by atoms with Gasteiger partial charge in [0, 0.05) is 32.2 Å². The number of rotatable bonds is 4. The molecule has 1 aliphatic heterocycles. The minimum absolute atomic E-state index is 0. The van der Waals surface area contributed by atoms with E-state index in [1.165, 1.54) is 25.7 Å². The monoisotopic (exact) mass is 340 g/mol. The Labute approximate surface area is 138 Å². The maximum Gasteiger partial charge on any atom is 0.240 e. The zero-order valence-electron chi connectivity index (χ0n) is 12.2.